The molecule has 0 bridgehead atoms. The number of likely N-dealkylation sites (tertiary alicyclic amines) is 1. The third-order valence-corrected chi connectivity index (χ3v) is 3.04. The van der Waals surface area contributed by atoms with Crippen LogP contribution < -0.4 is 0 Å². The normalized spacial score (nSPS) is 17.4. The smallest absolute Gasteiger partial charge is 0.303 e. The van der Waals surface area contributed by atoms with Gasteiger partial charge < -0.3 is 10.0 Å². The molecule has 92 valence electrons. The standard InChI is InChI=1S/C11H18FNO3/c12-6-3-9-4-7-13(8-5-9)10(14)1-2-11(15)16/h9H,1-8H2,(H,15,16). The number of rotatable bonds is 5. The van der Waals surface area contributed by atoms with Gasteiger partial charge in [0.25, 0.3) is 0 Å². The molecule has 1 heterocycles. The van der Waals surface area contributed by atoms with Gasteiger partial charge in [-0.15, -0.1) is 0 Å². The molecule has 0 aliphatic carbocycles. The summed E-state index contributed by atoms with van der Waals surface area (Å²) in [5.74, 6) is -0.657. The summed E-state index contributed by atoms with van der Waals surface area (Å²) in [6.07, 6.45) is 2.22. The number of aliphatic carboxylic acids is 1. The van der Waals surface area contributed by atoms with E-state index in [0.29, 0.717) is 25.4 Å². The minimum absolute atomic E-state index is 0.0725. The number of alkyl halides is 1. The first-order chi connectivity index (χ1) is 7.63. The first kappa shape index (κ1) is 12.9. The molecule has 1 aliphatic heterocycles. The molecule has 0 atom stereocenters. The Morgan fingerprint density at radius 1 is 1.25 bits per heavy atom. The maximum atomic E-state index is 12.1. The summed E-state index contributed by atoms with van der Waals surface area (Å²) in [6, 6.07) is 0. The lowest BCUT2D eigenvalue weighted by Crippen LogP contribution is -2.38. The molecule has 0 aromatic heterocycles. The van der Waals surface area contributed by atoms with E-state index in [1.165, 1.54) is 0 Å². The zero-order chi connectivity index (χ0) is 12.0. The quantitative estimate of drug-likeness (QED) is 0.779. The van der Waals surface area contributed by atoms with E-state index >= 15 is 0 Å². The molecule has 1 fully saturated rings. The van der Waals surface area contributed by atoms with Crippen molar-refractivity contribution in [1.29, 1.82) is 0 Å². The highest BCUT2D eigenvalue weighted by molar-refractivity contribution is 5.80. The molecule has 5 heteroatoms. The second-order valence-electron chi connectivity index (χ2n) is 4.20. The second-order valence-corrected chi connectivity index (χ2v) is 4.20. The van der Waals surface area contributed by atoms with Gasteiger partial charge in [0, 0.05) is 19.5 Å². The monoisotopic (exact) mass is 231 g/mol. The van der Waals surface area contributed by atoms with Crippen LogP contribution in [0.25, 0.3) is 0 Å². The fourth-order valence-corrected chi connectivity index (χ4v) is 2.00. The maximum absolute atomic E-state index is 12.1. The number of carbonyl (C=O) groups excluding carboxylic acids is 1. The molecule has 4 nitrogen and oxygen atoms in total. The van der Waals surface area contributed by atoms with Crippen molar-refractivity contribution >= 4 is 11.9 Å². The molecular formula is C11H18FNO3. The van der Waals surface area contributed by atoms with Crippen LogP contribution in [0, 0.1) is 5.92 Å². The average Bonchev–Trinajstić information content (AvgIpc) is 2.27. The Morgan fingerprint density at radius 2 is 1.88 bits per heavy atom. The fraction of sp³-hybridized carbons (Fsp3) is 0.818. The Bertz CT molecular complexity index is 250. The van der Waals surface area contributed by atoms with Crippen LogP contribution in [0.5, 0.6) is 0 Å². The lowest BCUT2D eigenvalue weighted by Gasteiger charge is -2.31. The first-order valence-electron chi connectivity index (χ1n) is 5.69. The summed E-state index contributed by atoms with van der Waals surface area (Å²) < 4.78 is 12.1. The second kappa shape index (κ2) is 6.45. The van der Waals surface area contributed by atoms with Crippen molar-refractivity contribution in [2.45, 2.75) is 32.1 Å². The van der Waals surface area contributed by atoms with Crippen molar-refractivity contribution in [2.24, 2.45) is 5.92 Å². The molecule has 0 saturated carbocycles. The fourth-order valence-electron chi connectivity index (χ4n) is 2.00. The number of nitrogens with zero attached hydrogens (tertiary/aromatic N) is 1. The predicted octanol–water partition coefficient (Wildman–Crippen LogP) is 1.45. The van der Waals surface area contributed by atoms with Crippen LogP contribution in [0.1, 0.15) is 32.1 Å². The maximum Gasteiger partial charge on any atom is 0.303 e. The van der Waals surface area contributed by atoms with Crippen molar-refractivity contribution in [3.05, 3.63) is 0 Å². The first-order valence-corrected chi connectivity index (χ1v) is 5.69. The third kappa shape index (κ3) is 4.16. The highest BCUT2D eigenvalue weighted by atomic mass is 19.1. The van der Waals surface area contributed by atoms with Crippen LogP contribution >= 0.6 is 0 Å². The molecule has 0 spiro atoms. The van der Waals surface area contributed by atoms with Gasteiger partial charge in [-0.25, -0.2) is 0 Å². The van der Waals surface area contributed by atoms with Gasteiger partial charge in [-0.05, 0) is 25.2 Å². The molecule has 1 aliphatic rings. The largest absolute Gasteiger partial charge is 0.481 e. The Kier molecular flexibility index (Phi) is 5.22. The summed E-state index contributed by atoms with van der Waals surface area (Å²) >= 11 is 0. The zero-order valence-corrected chi connectivity index (χ0v) is 9.32. The molecule has 0 aromatic rings. The van der Waals surface area contributed by atoms with Crippen LogP contribution in [0.4, 0.5) is 4.39 Å². The van der Waals surface area contributed by atoms with Gasteiger partial charge in [0.1, 0.15) is 0 Å². The third-order valence-electron chi connectivity index (χ3n) is 3.04. The van der Waals surface area contributed by atoms with Crippen molar-refractivity contribution in [3.63, 3.8) is 0 Å². The Hall–Kier alpha value is -1.13. The van der Waals surface area contributed by atoms with Gasteiger partial charge in [0.15, 0.2) is 0 Å². The number of hydrogen-bond donors (Lipinski definition) is 1. The number of piperidine rings is 1. The van der Waals surface area contributed by atoms with Gasteiger partial charge in [-0.1, -0.05) is 0 Å². The van der Waals surface area contributed by atoms with Crippen LogP contribution in [-0.4, -0.2) is 41.6 Å². The topological polar surface area (TPSA) is 57.6 Å². The zero-order valence-electron chi connectivity index (χ0n) is 9.32. The number of amides is 1. The predicted molar refractivity (Wildman–Crippen MR) is 56.8 cm³/mol. The highest BCUT2D eigenvalue weighted by Crippen LogP contribution is 2.21. The van der Waals surface area contributed by atoms with Gasteiger partial charge in [-0.2, -0.15) is 0 Å². The van der Waals surface area contributed by atoms with Gasteiger partial charge >= 0.3 is 5.97 Å². The molecule has 1 amide bonds. The van der Waals surface area contributed by atoms with E-state index in [1.807, 2.05) is 0 Å². The number of carboxylic acids is 1. The summed E-state index contributed by atoms with van der Waals surface area (Å²) in [6.45, 7) is 0.990. The molecule has 16 heavy (non-hydrogen) atoms. The van der Waals surface area contributed by atoms with Gasteiger partial charge in [-0.3, -0.25) is 14.0 Å². The Balaban J connectivity index is 2.24. The SMILES string of the molecule is O=C(O)CCC(=O)N1CCC(CCF)CC1. The number of carbonyl (C=O) groups is 2. The Morgan fingerprint density at radius 3 is 2.38 bits per heavy atom. The van der Waals surface area contributed by atoms with Gasteiger partial charge in [0.05, 0.1) is 13.1 Å². The van der Waals surface area contributed by atoms with Crippen molar-refractivity contribution < 1.29 is 19.1 Å². The van der Waals surface area contributed by atoms with Crippen LogP contribution in [-0.2, 0) is 9.59 Å². The van der Waals surface area contributed by atoms with E-state index in [1.54, 1.807) is 4.90 Å². The van der Waals surface area contributed by atoms with Gasteiger partial charge in [0.2, 0.25) is 5.91 Å². The van der Waals surface area contributed by atoms with E-state index in [-0.39, 0.29) is 25.4 Å². The van der Waals surface area contributed by atoms with Crippen molar-refractivity contribution in [2.75, 3.05) is 19.8 Å². The summed E-state index contributed by atoms with van der Waals surface area (Å²) in [7, 11) is 0. The minimum atomic E-state index is -0.944. The molecule has 1 N–H and O–H groups in total. The molecule has 0 radical (unpaired) electrons. The molecule has 1 saturated heterocycles. The summed E-state index contributed by atoms with van der Waals surface area (Å²) in [4.78, 5) is 23.6. The van der Waals surface area contributed by atoms with Crippen LogP contribution in [0.15, 0.2) is 0 Å². The average molecular weight is 231 g/mol. The van der Waals surface area contributed by atoms with E-state index in [4.69, 9.17) is 5.11 Å². The minimum Gasteiger partial charge on any atom is -0.481 e. The summed E-state index contributed by atoms with van der Waals surface area (Å²) in [5.41, 5.74) is 0. The van der Waals surface area contributed by atoms with E-state index < -0.39 is 5.97 Å². The van der Waals surface area contributed by atoms with Crippen molar-refractivity contribution in [1.82, 2.24) is 4.90 Å². The molecule has 0 aromatic carbocycles. The number of halogens is 1. The molecule has 1 rings (SSSR count). The van der Waals surface area contributed by atoms with E-state index in [2.05, 4.69) is 0 Å². The van der Waals surface area contributed by atoms with Crippen LogP contribution in [0.2, 0.25) is 0 Å². The summed E-state index contributed by atoms with van der Waals surface area (Å²) in [5, 5.41) is 8.46. The molecule has 0 unspecified atom stereocenters. The van der Waals surface area contributed by atoms with Crippen molar-refractivity contribution in [3.8, 4) is 0 Å². The van der Waals surface area contributed by atoms with Crippen LogP contribution in [0.3, 0.4) is 0 Å². The highest BCUT2D eigenvalue weighted by Gasteiger charge is 2.22. The number of carboxylic acid groups (broad SMARTS) is 1. The number of hydrogen-bond acceptors (Lipinski definition) is 2. The lowest BCUT2D eigenvalue weighted by atomic mass is 9.94. The van der Waals surface area contributed by atoms with E-state index in [9.17, 15) is 14.0 Å². The molecular weight excluding hydrogens is 213 g/mol. The Labute approximate surface area is 94.4 Å². The van der Waals surface area contributed by atoms with E-state index in [0.717, 1.165) is 12.8 Å². The lowest BCUT2D eigenvalue weighted by molar-refractivity contribution is -0.141.